The molecule has 4 nitrogen and oxygen atoms in total. The van der Waals surface area contributed by atoms with E-state index < -0.39 is 5.91 Å². The third kappa shape index (κ3) is 1.70. The van der Waals surface area contributed by atoms with Crippen LogP contribution >= 0.6 is 15.9 Å². The molecule has 0 aliphatic rings. The molecule has 68 valence electrons. The monoisotopic (exact) mass is 241 g/mol. The van der Waals surface area contributed by atoms with Crippen LogP contribution in [0, 0.1) is 5.41 Å². The van der Waals surface area contributed by atoms with Gasteiger partial charge in [0, 0.05) is 21.9 Å². The van der Waals surface area contributed by atoms with E-state index in [1.54, 1.807) is 6.07 Å². The molecule has 0 radical (unpaired) electrons. The number of nitrogens with one attached hydrogen (secondary N) is 1. The summed E-state index contributed by atoms with van der Waals surface area (Å²) in [5, 5.41) is 7.08. The van der Waals surface area contributed by atoms with Gasteiger partial charge in [0.15, 0.2) is 0 Å². The molecule has 0 aliphatic heterocycles. The van der Waals surface area contributed by atoms with Crippen LogP contribution in [-0.4, -0.2) is 12.1 Å². The van der Waals surface area contributed by atoms with Crippen molar-refractivity contribution in [3.63, 3.8) is 0 Å². The second kappa shape index (κ2) is 3.57. The van der Waals surface area contributed by atoms with Gasteiger partial charge in [-0.1, -0.05) is 0 Å². The highest BCUT2D eigenvalue weighted by molar-refractivity contribution is 9.10. The van der Waals surface area contributed by atoms with Crippen molar-refractivity contribution >= 4 is 33.7 Å². The first kappa shape index (κ1) is 9.73. The predicted molar refractivity (Wildman–Crippen MR) is 55.0 cm³/mol. The fourth-order valence-electron chi connectivity index (χ4n) is 0.945. The van der Waals surface area contributed by atoms with Crippen molar-refractivity contribution in [3.8, 4) is 0 Å². The van der Waals surface area contributed by atoms with Crippen LogP contribution in [0.2, 0.25) is 0 Å². The highest BCUT2D eigenvalue weighted by atomic mass is 79.9. The number of rotatable bonds is 2. The van der Waals surface area contributed by atoms with E-state index >= 15 is 0 Å². The van der Waals surface area contributed by atoms with Crippen molar-refractivity contribution < 1.29 is 4.79 Å². The maximum absolute atomic E-state index is 10.9. The number of anilines is 1. The van der Waals surface area contributed by atoms with E-state index in [4.69, 9.17) is 16.9 Å². The largest absolute Gasteiger partial charge is 0.398 e. The first-order chi connectivity index (χ1) is 6.07. The Balaban J connectivity index is 3.44. The molecule has 0 unspecified atom stereocenters. The SMILES string of the molecule is N=Cc1c(N)ccc(C(N)=O)c1Br. The normalized spacial score (nSPS) is 9.62. The number of hydrogen-bond donors (Lipinski definition) is 3. The number of hydrogen-bond acceptors (Lipinski definition) is 3. The summed E-state index contributed by atoms with van der Waals surface area (Å²) >= 11 is 3.16. The van der Waals surface area contributed by atoms with Gasteiger partial charge in [0.1, 0.15) is 0 Å². The van der Waals surface area contributed by atoms with E-state index in [1.165, 1.54) is 6.07 Å². The van der Waals surface area contributed by atoms with Crippen molar-refractivity contribution in [1.82, 2.24) is 0 Å². The Morgan fingerprint density at radius 1 is 1.54 bits per heavy atom. The first-order valence-corrected chi connectivity index (χ1v) is 4.25. The van der Waals surface area contributed by atoms with E-state index in [9.17, 15) is 4.79 Å². The molecule has 1 rings (SSSR count). The topological polar surface area (TPSA) is 93.0 Å². The molecule has 0 atom stereocenters. The molecule has 0 saturated carbocycles. The quantitative estimate of drug-likeness (QED) is 0.535. The van der Waals surface area contributed by atoms with Gasteiger partial charge in [-0.2, -0.15) is 0 Å². The average Bonchev–Trinajstić information content (AvgIpc) is 2.04. The standard InChI is InChI=1S/C8H8BrN3O/c9-7-4(8(12)13)1-2-6(11)5(7)3-10/h1-3,10H,11H2,(H2,12,13). The molecule has 0 bridgehead atoms. The third-order valence-electron chi connectivity index (χ3n) is 1.62. The Bertz CT molecular complexity index is 376. The molecule has 0 aliphatic carbocycles. The van der Waals surface area contributed by atoms with E-state index in [2.05, 4.69) is 15.9 Å². The molecule has 13 heavy (non-hydrogen) atoms. The van der Waals surface area contributed by atoms with Crippen LogP contribution in [0.25, 0.3) is 0 Å². The molecule has 0 aromatic heterocycles. The zero-order valence-electron chi connectivity index (χ0n) is 6.67. The fraction of sp³-hybridized carbons (Fsp3) is 0. The van der Waals surface area contributed by atoms with Gasteiger partial charge in [-0.25, -0.2) is 0 Å². The third-order valence-corrected chi connectivity index (χ3v) is 2.48. The molecule has 5 N–H and O–H groups in total. The molecule has 5 heteroatoms. The molecule has 1 aromatic carbocycles. The number of carbonyl (C=O) groups excluding carboxylic acids is 1. The van der Waals surface area contributed by atoms with Crippen LogP contribution in [0.5, 0.6) is 0 Å². The van der Waals surface area contributed by atoms with Crippen LogP contribution in [0.1, 0.15) is 15.9 Å². The van der Waals surface area contributed by atoms with Crippen molar-refractivity contribution in [2.45, 2.75) is 0 Å². The summed E-state index contributed by atoms with van der Waals surface area (Å²) in [5.41, 5.74) is 11.9. The minimum absolute atomic E-state index is 0.327. The lowest BCUT2D eigenvalue weighted by Crippen LogP contribution is -2.13. The van der Waals surface area contributed by atoms with Crippen LogP contribution in [0.4, 0.5) is 5.69 Å². The van der Waals surface area contributed by atoms with Crippen LogP contribution in [-0.2, 0) is 0 Å². The minimum Gasteiger partial charge on any atom is -0.398 e. The second-order valence-electron chi connectivity index (χ2n) is 2.44. The Labute approximate surface area is 83.6 Å². The fourth-order valence-corrected chi connectivity index (χ4v) is 1.62. The van der Waals surface area contributed by atoms with Gasteiger partial charge in [0.25, 0.3) is 0 Å². The van der Waals surface area contributed by atoms with Gasteiger partial charge < -0.3 is 16.9 Å². The first-order valence-electron chi connectivity index (χ1n) is 3.46. The summed E-state index contributed by atoms with van der Waals surface area (Å²) in [7, 11) is 0. The second-order valence-corrected chi connectivity index (χ2v) is 3.23. The van der Waals surface area contributed by atoms with Gasteiger partial charge in [-0.05, 0) is 28.1 Å². The van der Waals surface area contributed by atoms with E-state index in [-0.39, 0.29) is 0 Å². The van der Waals surface area contributed by atoms with Crippen LogP contribution in [0.3, 0.4) is 0 Å². The van der Waals surface area contributed by atoms with E-state index in [0.717, 1.165) is 6.21 Å². The zero-order chi connectivity index (χ0) is 10.0. The number of amides is 1. The zero-order valence-corrected chi connectivity index (χ0v) is 8.26. The highest BCUT2D eigenvalue weighted by Gasteiger charge is 2.10. The number of halogens is 1. The van der Waals surface area contributed by atoms with Gasteiger partial charge in [-0.3, -0.25) is 4.79 Å². The Morgan fingerprint density at radius 2 is 2.15 bits per heavy atom. The molecule has 1 amide bonds. The maximum atomic E-state index is 10.9. The summed E-state index contributed by atoms with van der Waals surface area (Å²) in [6.07, 6.45) is 1.08. The van der Waals surface area contributed by atoms with Crippen molar-refractivity contribution in [2.24, 2.45) is 5.73 Å². The van der Waals surface area contributed by atoms with E-state index in [1.807, 2.05) is 0 Å². The molecule has 0 saturated heterocycles. The van der Waals surface area contributed by atoms with Crippen molar-refractivity contribution in [3.05, 3.63) is 27.7 Å². The smallest absolute Gasteiger partial charge is 0.249 e. The number of carbonyl (C=O) groups is 1. The van der Waals surface area contributed by atoms with Crippen molar-refractivity contribution in [1.29, 1.82) is 5.41 Å². The van der Waals surface area contributed by atoms with Crippen molar-refractivity contribution in [2.75, 3.05) is 5.73 Å². The molecule has 1 aromatic rings. The lowest BCUT2D eigenvalue weighted by atomic mass is 10.1. The molecular formula is C8H8BrN3O. The van der Waals surface area contributed by atoms with Gasteiger partial charge >= 0.3 is 0 Å². The maximum Gasteiger partial charge on any atom is 0.249 e. The lowest BCUT2D eigenvalue weighted by Gasteiger charge is -2.05. The number of benzene rings is 1. The predicted octanol–water partition coefficient (Wildman–Crippen LogP) is 1.13. The Morgan fingerprint density at radius 3 is 2.62 bits per heavy atom. The van der Waals surface area contributed by atoms with E-state index in [0.29, 0.717) is 21.3 Å². The molecule has 0 heterocycles. The van der Waals surface area contributed by atoms with Crippen LogP contribution < -0.4 is 11.5 Å². The lowest BCUT2D eigenvalue weighted by molar-refractivity contribution is 0.0999. The number of nitrogen functional groups attached to an aromatic ring is 1. The summed E-state index contributed by atoms with van der Waals surface area (Å²) in [4.78, 5) is 10.9. The average molecular weight is 242 g/mol. The highest BCUT2D eigenvalue weighted by Crippen LogP contribution is 2.24. The Kier molecular flexibility index (Phi) is 2.67. The van der Waals surface area contributed by atoms with Gasteiger partial charge in [0.2, 0.25) is 5.91 Å². The van der Waals surface area contributed by atoms with Gasteiger partial charge in [-0.15, -0.1) is 0 Å². The molecular weight excluding hydrogens is 234 g/mol. The molecule has 0 fully saturated rings. The Hall–Kier alpha value is -1.36. The summed E-state index contributed by atoms with van der Waals surface area (Å²) in [6.45, 7) is 0. The molecule has 0 spiro atoms. The number of nitrogens with two attached hydrogens (primary N) is 2. The summed E-state index contributed by atoms with van der Waals surface area (Å²) in [6, 6.07) is 3.07. The number of primary amides is 1. The van der Waals surface area contributed by atoms with Gasteiger partial charge in [0.05, 0.1) is 5.56 Å². The summed E-state index contributed by atoms with van der Waals surface area (Å²) < 4.78 is 0.468. The summed E-state index contributed by atoms with van der Waals surface area (Å²) in [5.74, 6) is -0.546. The van der Waals surface area contributed by atoms with Crippen LogP contribution in [0.15, 0.2) is 16.6 Å². The minimum atomic E-state index is -0.546.